The fraction of sp³-hybridized carbons (Fsp3) is 0.111. The number of nitrogens with one attached hydrogen (secondary N) is 2. The van der Waals surface area contributed by atoms with E-state index in [1.165, 1.54) is 0 Å². The third kappa shape index (κ3) is 2.94. The van der Waals surface area contributed by atoms with Crippen LogP contribution >= 0.6 is 0 Å². The molecule has 3 aromatic rings. The first-order valence-corrected chi connectivity index (χ1v) is 7.48. The predicted molar refractivity (Wildman–Crippen MR) is 93.5 cm³/mol. The summed E-state index contributed by atoms with van der Waals surface area (Å²) < 4.78 is 0. The van der Waals surface area contributed by atoms with Gasteiger partial charge in [-0.25, -0.2) is 10.2 Å². The van der Waals surface area contributed by atoms with E-state index in [0.29, 0.717) is 21.8 Å². The van der Waals surface area contributed by atoms with Gasteiger partial charge in [0.15, 0.2) is 0 Å². The number of benzene rings is 2. The van der Waals surface area contributed by atoms with Crippen LogP contribution in [0.4, 0.5) is 10.5 Å². The van der Waals surface area contributed by atoms with Crippen molar-refractivity contribution in [3.8, 4) is 0 Å². The van der Waals surface area contributed by atoms with Crippen molar-refractivity contribution in [2.75, 3.05) is 19.4 Å². The van der Waals surface area contributed by atoms with Crippen molar-refractivity contribution in [3.05, 3.63) is 70.7 Å². The SMILES string of the molecule is CN=c1c(=NNC(=O)Nc2ccccc2)c(=NC)c2ccccc12. The molecule has 0 radical (unpaired) electrons. The standard InChI is InChI=1S/C18H17N5O/c1-19-15-13-10-6-7-11-14(13)16(20-2)17(15)22-23-18(24)21-12-8-4-3-5-9-12/h3-11H,1-2H3,(H2,21,23,24). The summed E-state index contributed by atoms with van der Waals surface area (Å²) in [5.41, 5.74) is 3.21. The molecule has 0 spiro atoms. The number of carbonyl (C=O) groups is 1. The molecule has 6 heteroatoms. The third-order valence-corrected chi connectivity index (χ3v) is 3.63. The minimum absolute atomic E-state index is 0.421. The first kappa shape index (κ1) is 15.6. The smallest absolute Gasteiger partial charge is 0.307 e. The average molecular weight is 319 g/mol. The number of carbonyl (C=O) groups excluding carboxylic acids is 1. The van der Waals surface area contributed by atoms with Crippen molar-refractivity contribution in [2.45, 2.75) is 0 Å². The summed E-state index contributed by atoms with van der Waals surface area (Å²) in [6.07, 6.45) is 0. The summed E-state index contributed by atoms with van der Waals surface area (Å²) in [5.74, 6) is 0. The number of urea groups is 1. The molecule has 0 aliphatic carbocycles. The zero-order valence-corrected chi connectivity index (χ0v) is 13.4. The summed E-state index contributed by atoms with van der Waals surface area (Å²) in [4.78, 5) is 20.6. The van der Waals surface area contributed by atoms with Crippen LogP contribution in [0.25, 0.3) is 10.8 Å². The lowest BCUT2D eigenvalue weighted by molar-refractivity contribution is 0.252. The highest BCUT2D eigenvalue weighted by Gasteiger charge is 2.07. The van der Waals surface area contributed by atoms with Gasteiger partial charge in [-0.1, -0.05) is 42.5 Å². The van der Waals surface area contributed by atoms with E-state index in [-0.39, 0.29) is 0 Å². The molecule has 0 atom stereocenters. The minimum atomic E-state index is -0.421. The first-order chi connectivity index (χ1) is 11.7. The highest BCUT2D eigenvalue weighted by atomic mass is 16.2. The van der Waals surface area contributed by atoms with Crippen molar-refractivity contribution >= 4 is 22.5 Å². The quantitative estimate of drug-likeness (QED) is 0.688. The fourth-order valence-electron chi connectivity index (χ4n) is 2.61. The number of para-hydroxylation sites is 1. The number of hydrogen-bond acceptors (Lipinski definition) is 4. The second-order valence-corrected chi connectivity index (χ2v) is 5.08. The van der Waals surface area contributed by atoms with E-state index in [2.05, 4.69) is 25.8 Å². The van der Waals surface area contributed by atoms with E-state index in [1.807, 2.05) is 42.5 Å². The number of anilines is 1. The molecule has 0 aromatic heterocycles. The fourth-order valence-corrected chi connectivity index (χ4v) is 2.61. The Labute approximate surface area is 138 Å². The van der Waals surface area contributed by atoms with E-state index in [0.717, 1.165) is 10.8 Å². The minimum Gasteiger partial charge on any atom is -0.307 e. The van der Waals surface area contributed by atoms with Gasteiger partial charge in [-0.2, -0.15) is 5.10 Å². The molecule has 24 heavy (non-hydrogen) atoms. The van der Waals surface area contributed by atoms with Crippen LogP contribution in [-0.4, -0.2) is 20.1 Å². The van der Waals surface area contributed by atoms with Crippen molar-refractivity contribution in [2.24, 2.45) is 15.1 Å². The molecular formula is C18H17N5O. The van der Waals surface area contributed by atoms with E-state index < -0.39 is 6.03 Å². The number of fused-ring (bicyclic) bond motifs is 1. The van der Waals surface area contributed by atoms with Crippen molar-refractivity contribution in [3.63, 3.8) is 0 Å². The monoisotopic (exact) mass is 319 g/mol. The molecule has 0 saturated heterocycles. The third-order valence-electron chi connectivity index (χ3n) is 3.63. The number of hydrogen-bond donors (Lipinski definition) is 2. The Morgan fingerprint density at radius 2 is 1.33 bits per heavy atom. The van der Waals surface area contributed by atoms with Gasteiger partial charge in [0, 0.05) is 30.6 Å². The highest BCUT2D eigenvalue weighted by Crippen LogP contribution is 2.04. The Morgan fingerprint density at radius 1 is 0.792 bits per heavy atom. The normalized spacial score (nSPS) is 12.4. The molecule has 0 unspecified atom stereocenters. The van der Waals surface area contributed by atoms with Crippen LogP contribution in [0.15, 0.2) is 69.7 Å². The van der Waals surface area contributed by atoms with Gasteiger partial charge >= 0.3 is 6.03 Å². The van der Waals surface area contributed by atoms with Gasteiger partial charge in [0.25, 0.3) is 0 Å². The molecule has 3 rings (SSSR count). The Morgan fingerprint density at radius 3 is 1.88 bits per heavy atom. The Bertz CT molecular complexity index is 990. The largest absolute Gasteiger partial charge is 0.339 e. The lowest BCUT2D eigenvalue weighted by Gasteiger charge is -2.02. The molecule has 120 valence electrons. The van der Waals surface area contributed by atoms with Crippen molar-refractivity contribution < 1.29 is 4.79 Å². The average Bonchev–Trinajstić information content (AvgIpc) is 2.93. The van der Waals surface area contributed by atoms with E-state index in [4.69, 9.17) is 0 Å². The van der Waals surface area contributed by atoms with Gasteiger partial charge in [0.05, 0.1) is 10.7 Å². The molecular weight excluding hydrogens is 302 g/mol. The van der Waals surface area contributed by atoms with Gasteiger partial charge in [0.1, 0.15) is 5.36 Å². The van der Waals surface area contributed by atoms with E-state index in [1.54, 1.807) is 26.2 Å². The van der Waals surface area contributed by atoms with Crippen molar-refractivity contribution in [1.29, 1.82) is 0 Å². The lowest BCUT2D eigenvalue weighted by Crippen LogP contribution is -2.38. The molecule has 0 aliphatic rings. The topological polar surface area (TPSA) is 78.2 Å². The van der Waals surface area contributed by atoms with Crippen LogP contribution in [0.5, 0.6) is 0 Å². The van der Waals surface area contributed by atoms with Gasteiger partial charge in [0.2, 0.25) is 0 Å². The van der Waals surface area contributed by atoms with Crippen LogP contribution in [0.1, 0.15) is 0 Å². The molecule has 2 amide bonds. The second-order valence-electron chi connectivity index (χ2n) is 5.08. The Kier molecular flexibility index (Phi) is 4.47. The summed E-state index contributed by atoms with van der Waals surface area (Å²) in [5, 5.41) is 10.9. The highest BCUT2D eigenvalue weighted by molar-refractivity contribution is 5.89. The summed E-state index contributed by atoms with van der Waals surface area (Å²) in [6, 6.07) is 16.6. The van der Waals surface area contributed by atoms with Crippen molar-refractivity contribution in [1.82, 2.24) is 5.43 Å². The van der Waals surface area contributed by atoms with Gasteiger partial charge < -0.3 is 5.32 Å². The van der Waals surface area contributed by atoms with Crippen LogP contribution in [0.3, 0.4) is 0 Å². The molecule has 0 saturated carbocycles. The number of rotatable bonds is 2. The van der Waals surface area contributed by atoms with Crippen LogP contribution < -0.4 is 26.8 Å². The lowest BCUT2D eigenvalue weighted by atomic mass is 10.2. The van der Waals surface area contributed by atoms with Crippen LogP contribution in [0.2, 0.25) is 0 Å². The summed E-state index contributed by atoms with van der Waals surface area (Å²) in [6.45, 7) is 0. The summed E-state index contributed by atoms with van der Waals surface area (Å²) in [7, 11) is 3.40. The molecule has 0 bridgehead atoms. The zero-order valence-electron chi connectivity index (χ0n) is 13.4. The number of amides is 2. The summed E-state index contributed by atoms with van der Waals surface area (Å²) >= 11 is 0. The predicted octanol–water partition coefficient (Wildman–Crippen LogP) is 1.41. The Balaban J connectivity index is 2.00. The van der Waals surface area contributed by atoms with Crippen LogP contribution in [-0.2, 0) is 0 Å². The maximum absolute atomic E-state index is 12.0. The molecule has 0 fully saturated rings. The maximum Gasteiger partial charge on any atom is 0.339 e. The van der Waals surface area contributed by atoms with E-state index >= 15 is 0 Å². The molecule has 3 aromatic carbocycles. The van der Waals surface area contributed by atoms with Crippen LogP contribution in [0, 0.1) is 0 Å². The molecule has 2 N–H and O–H groups in total. The van der Waals surface area contributed by atoms with E-state index in [9.17, 15) is 4.79 Å². The first-order valence-electron chi connectivity index (χ1n) is 7.48. The zero-order chi connectivity index (χ0) is 16.9. The van der Waals surface area contributed by atoms with Gasteiger partial charge in [-0.3, -0.25) is 9.98 Å². The molecule has 0 heterocycles. The molecule has 0 aliphatic heterocycles. The van der Waals surface area contributed by atoms with Gasteiger partial charge in [-0.15, -0.1) is 0 Å². The van der Waals surface area contributed by atoms with Gasteiger partial charge in [-0.05, 0) is 12.1 Å². The molecule has 6 nitrogen and oxygen atoms in total. The maximum atomic E-state index is 12.0. The Hall–Kier alpha value is -3.28. The number of nitrogens with zero attached hydrogens (tertiary/aromatic N) is 3. The second kappa shape index (κ2) is 6.87.